The van der Waals surface area contributed by atoms with Gasteiger partial charge in [-0.05, 0) is 47.2 Å². The molecule has 1 fully saturated rings. The molecule has 0 amide bonds. The highest BCUT2D eigenvalue weighted by atomic mass is 28.4. The molecule has 0 bridgehead atoms. The Balaban J connectivity index is 1.57. The first kappa shape index (κ1) is 25.5. The molecule has 0 atom stereocenters. The first-order chi connectivity index (χ1) is 16.9. The molecule has 1 heterocycles. The van der Waals surface area contributed by atoms with Gasteiger partial charge in [0.1, 0.15) is 5.82 Å². The molecule has 1 aromatic heterocycles. The Hall–Kier alpha value is -2.60. The standard InChI is InChI=1S/C30H38N2O2Si/c1-5-22-33-26-18-16-24(17-19-26)29-31-21-20-25(32-29)23-34-35(30(2,3)4,27-12-8-6-9-13-27)28-14-10-7-11-15-28/h5-15,20-21,24,26H,1,16-19,22-23H2,2-4H3/t24-,26-. The lowest BCUT2D eigenvalue weighted by Gasteiger charge is -2.43. The smallest absolute Gasteiger partial charge is 0.261 e. The number of benzene rings is 2. The second-order valence-electron chi connectivity index (χ2n) is 10.5. The van der Waals surface area contributed by atoms with E-state index in [1.54, 1.807) is 0 Å². The van der Waals surface area contributed by atoms with Crippen LogP contribution in [0.25, 0.3) is 0 Å². The number of rotatable bonds is 9. The minimum atomic E-state index is -2.60. The number of hydrogen-bond acceptors (Lipinski definition) is 4. The topological polar surface area (TPSA) is 44.2 Å². The third-order valence-electron chi connectivity index (χ3n) is 7.07. The van der Waals surface area contributed by atoms with Crippen LogP contribution in [-0.2, 0) is 15.8 Å². The molecule has 2 aromatic carbocycles. The molecule has 5 heteroatoms. The van der Waals surface area contributed by atoms with Crippen molar-refractivity contribution in [3.63, 3.8) is 0 Å². The van der Waals surface area contributed by atoms with Gasteiger partial charge in [-0.1, -0.05) is 87.5 Å². The first-order valence-corrected chi connectivity index (χ1v) is 14.6. The van der Waals surface area contributed by atoms with Crippen LogP contribution in [0.15, 0.2) is 85.6 Å². The van der Waals surface area contributed by atoms with Crippen molar-refractivity contribution < 1.29 is 9.16 Å². The fraction of sp³-hybridized carbons (Fsp3) is 0.400. The Bertz CT molecular complexity index is 1030. The molecule has 1 aliphatic rings. The summed E-state index contributed by atoms with van der Waals surface area (Å²) in [4.78, 5) is 9.63. The zero-order valence-electron chi connectivity index (χ0n) is 21.3. The summed E-state index contributed by atoms with van der Waals surface area (Å²) in [5, 5.41) is 2.51. The van der Waals surface area contributed by atoms with Crippen LogP contribution in [0.4, 0.5) is 0 Å². The second-order valence-corrected chi connectivity index (χ2v) is 14.8. The van der Waals surface area contributed by atoms with Crippen LogP contribution in [0.2, 0.25) is 5.04 Å². The van der Waals surface area contributed by atoms with Gasteiger partial charge in [-0.3, -0.25) is 0 Å². The Morgan fingerprint density at radius 1 is 0.914 bits per heavy atom. The van der Waals surface area contributed by atoms with Gasteiger partial charge >= 0.3 is 0 Å². The Kier molecular flexibility index (Phi) is 8.32. The van der Waals surface area contributed by atoms with Gasteiger partial charge in [0.05, 0.1) is 25.0 Å². The van der Waals surface area contributed by atoms with Gasteiger partial charge in [0.15, 0.2) is 0 Å². The Morgan fingerprint density at radius 3 is 2.06 bits per heavy atom. The highest BCUT2D eigenvalue weighted by Crippen LogP contribution is 2.37. The second kappa shape index (κ2) is 11.4. The van der Waals surface area contributed by atoms with Crippen LogP contribution in [0.1, 0.15) is 63.9 Å². The summed E-state index contributed by atoms with van der Waals surface area (Å²) in [6.07, 6.45) is 8.25. The maximum absolute atomic E-state index is 7.08. The van der Waals surface area contributed by atoms with E-state index in [9.17, 15) is 0 Å². The summed E-state index contributed by atoms with van der Waals surface area (Å²) in [5.41, 5.74) is 0.952. The predicted molar refractivity (Wildman–Crippen MR) is 146 cm³/mol. The van der Waals surface area contributed by atoms with E-state index in [-0.39, 0.29) is 5.04 Å². The summed E-state index contributed by atoms with van der Waals surface area (Å²) in [5.74, 6) is 1.32. The quantitative estimate of drug-likeness (QED) is 0.284. The predicted octanol–water partition coefficient (Wildman–Crippen LogP) is 5.78. The molecule has 1 aliphatic carbocycles. The van der Waals surface area contributed by atoms with Gasteiger partial charge in [0, 0.05) is 12.1 Å². The summed E-state index contributed by atoms with van der Waals surface area (Å²) in [6, 6.07) is 23.5. The molecule has 4 rings (SSSR count). The minimum Gasteiger partial charge on any atom is -0.401 e. The SMILES string of the molecule is C=CCO[C@H]1CC[C@H](c2nccc(CO[Si](c3ccccc3)(c3ccccc3)C(C)(C)C)n2)CC1. The van der Waals surface area contributed by atoms with E-state index in [4.69, 9.17) is 14.1 Å². The lowest BCUT2D eigenvalue weighted by Crippen LogP contribution is -2.66. The molecule has 0 spiro atoms. The van der Waals surface area contributed by atoms with Crippen molar-refractivity contribution in [2.24, 2.45) is 0 Å². The number of hydrogen-bond donors (Lipinski definition) is 0. The molecular weight excluding hydrogens is 448 g/mol. The average Bonchev–Trinajstić information content (AvgIpc) is 2.89. The van der Waals surface area contributed by atoms with Gasteiger partial charge in [-0.25, -0.2) is 9.97 Å². The lowest BCUT2D eigenvalue weighted by atomic mass is 9.87. The van der Waals surface area contributed by atoms with Crippen LogP contribution in [-0.4, -0.2) is 31.0 Å². The zero-order valence-corrected chi connectivity index (χ0v) is 22.3. The van der Waals surface area contributed by atoms with E-state index >= 15 is 0 Å². The summed E-state index contributed by atoms with van der Waals surface area (Å²) >= 11 is 0. The van der Waals surface area contributed by atoms with Crippen LogP contribution < -0.4 is 10.4 Å². The highest BCUT2D eigenvalue weighted by molar-refractivity contribution is 6.99. The third kappa shape index (κ3) is 5.80. The Morgan fingerprint density at radius 2 is 1.51 bits per heavy atom. The molecule has 0 saturated heterocycles. The molecule has 3 aromatic rings. The van der Waals surface area contributed by atoms with E-state index in [1.165, 1.54) is 10.4 Å². The van der Waals surface area contributed by atoms with Gasteiger partial charge in [-0.15, -0.1) is 6.58 Å². The van der Waals surface area contributed by atoms with Crippen LogP contribution in [0, 0.1) is 0 Å². The maximum atomic E-state index is 7.08. The van der Waals surface area contributed by atoms with Crippen LogP contribution in [0.3, 0.4) is 0 Å². The molecule has 0 unspecified atom stereocenters. The molecule has 0 aliphatic heterocycles. The molecule has 184 valence electrons. The van der Waals surface area contributed by atoms with E-state index in [1.807, 2.05) is 18.3 Å². The molecule has 0 N–H and O–H groups in total. The van der Waals surface area contributed by atoms with Gasteiger partial charge < -0.3 is 9.16 Å². The van der Waals surface area contributed by atoms with Crippen molar-refractivity contribution in [2.75, 3.05) is 6.61 Å². The Labute approximate surface area is 211 Å². The van der Waals surface area contributed by atoms with Crippen LogP contribution >= 0.6 is 0 Å². The van der Waals surface area contributed by atoms with Crippen molar-refractivity contribution in [1.82, 2.24) is 9.97 Å². The first-order valence-electron chi connectivity index (χ1n) is 12.7. The molecule has 35 heavy (non-hydrogen) atoms. The van der Waals surface area contributed by atoms with E-state index < -0.39 is 8.32 Å². The fourth-order valence-electron chi connectivity index (χ4n) is 5.33. The van der Waals surface area contributed by atoms with Crippen molar-refractivity contribution in [3.05, 3.63) is 97.1 Å². The van der Waals surface area contributed by atoms with Crippen LogP contribution in [0.5, 0.6) is 0 Å². The minimum absolute atomic E-state index is 0.0601. The van der Waals surface area contributed by atoms with Crippen molar-refractivity contribution in [1.29, 1.82) is 0 Å². The van der Waals surface area contributed by atoms with Crippen molar-refractivity contribution >= 4 is 18.7 Å². The van der Waals surface area contributed by atoms with E-state index in [0.29, 0.717) is 25.2 Å². The number of nitrogens with zero attached hydrogens (tertiary/aromatic N) is 2. The zero-order chi connectivity index (χ0) is 24.7. The van der Waals surface area contributed by atoms with Gasteiger partial charge in [0.25, 0.3) is 8.32 Å². The van der Waals surface area contributed by atoms with Crippen molar-refractivity contribution in [2.45, 2.75) is 70.1 Å². The molecule has 1 saturated carbocycles. The fourth-order valence-corrected chi connectivity index (χ4v) is 9.85. The lowest BCUT2D eigenvalue weighted by molar-refractivity contribution is 0.0417. The van der Waals surface area contributed by atoms with E-state index in [0.717, 1.165) is 37.2 Å². The molecular formula is C30H38N2O2Si. The van der Waals surface area contributed by atoms with Gasteiger partial charge in [0.2, 0.25) is 0 Å². The van der Waals surface area contributed by atoms with Crippen molar-refractivity contribution in [3.8, 4) is 0 Å². The van der Waals surface area contributed by atoms with Gasteiger partial charge in [-0.2, -0.15) is 0 Å². The number of aromatic nitrogens is 2. The van der Waals surface area contributed by atoms with E-state index in [2.05, 4.69) is 93.0 Å². The summed E-state index contributed by atoms with van der Waals surface area (Å²) < 4.78 is 12.9. The normalized spacial score (nSPS) is 18.8. The number of ether oxygens (including phenoxy) is 1. The molecule has 0 radical (unpaired) electrons. The largest absolute Gasteiger partial charge is 0.401 e. The maximum Gasteiger partial charge on any atom is 0.261 e. The molecule has 4 nitrogen and oxygen atoms in total. The average molecular weight is 487 g/mol. The summed E-state index contributed by atoms with van der Waals surface area (Å²) in [7, 11) is -2.60. The monoisotopic (exact) mass is 486 g/mol. The third-order valence-corrected chi connectivity index (χ3v) is 12.1. The highest BCUT2D eigenvalue weighted by Gasteiger charge is 2.50. The summed E-state index contributed by atoms with van der Waals surface area (Å²) in [6.45, 7) is 11.8.